The first-order valence-electron chi connectivity index (χ1n) is 8.06. The third kappa shape index (κ3) is 4.73. The molecule has 0 N–H and O–H groups in total. The van der Waals surface area contributed by atoms with E-state index in [0.29, 0.717) is 25.7 Å². The average Bonchev–Trinajstić information content (AvgIpc) is 2.35. The molecule has 5 heteroatoms. The first-order chi connectivity index (χ1) is 9.95. The number of carbonyl (C=O) groups excluding carboxylic acids is 2. The number of rotatable bonds is 2. The fourth-order valence-corrected chi connectivity index (χ4v) is 2.20. The summed E-state index contributed by atoms with van der Waals surface area (Å²) in [4.78, 5) is 24.6. The van der Waals surface area contributed by atoms with Gasteiger partial charge in [-0.05, 0) is 46.5 Å². The number of ether oxygens (including phenoxy) is 2. The van der Waals surface area contributed by atoms with Crippen molar-refractivity contribution in [3.8, 4) is 0 Å². The van der Waals surface area contributed by atoms with Crippen LogP contribution in [0.5, 0.6) is 0 Å². The van der Waals surface area contributed by atoms with Gasteiger partial charge in [-0.2, -0.15) is 0 Å². The van der Waals surface area contributed by atoms with Gasteiger partial charge < -0.3 is 14.4 Å². The Morgan fingerprint density at radius 3 is 2.21 bits per heavy atom. The lowest BCUT2D eigenvalue weighted by Crippen LogP contribution is -2.43. The normalized spacial score (nSPS) is 26.6. The Morgan fingerprint density at radius 1 is 1.21 bits per heavy atom. The van der Waals surface area contributed by atoms with Gasteiger partial charge in [0.2, 0.25) is 0 Å². The molecule has 0 spiro atoms. The molecule has 1 rings (SSSR count). The highest BCUT2D eigenvalue weighted by Crippen LogP contribution is 2.28. The van der Waals surface area contributed by atoms with Gasteiger partial charge in [-0.3, -0.25) is 4.79 Å². The fraction of sp³-hybridized carbons (Fsp3) is 0.857. The van der Waals surface area contributed by atoms with Crippen LogP contribution in [0.25, 0.3) is 0 Å². The summed E-state index contributed by atoms with van der Waals surface area (Å²) >= 11 is 0. The summed E-state index contributed by atoms with van der Waals surface area (Å²) in [5.74, 6) is -0.505. The van der Waals surface area contributed by atoms with Crippen LogP contribution in [-0.2, 0) is 14.3 Å². The number of carbonyl (C=O) groups is 2. The van der Waals surface area contributed by atoms with E-state index in [9.17, 15) is 9.59 Å². The molecule has 1 saturated carbocycles. The Hall–Kier alpha value is -1.26. The third-order valence-corrected chi connectivity index (χ3v) is 3.19. The molecular formula is C14H25NO4. The van der Waals surface area contributed by atoms with Crippen LogP contribution in [0.4, 0.5) is 4.79 Å². The van der Waals surface area contributed by atoms with Gasteiger partial charge in [-0.1, -0.05) is 0 Å². The van der Waals surface area contributed by atoms with E-state index in [4.69, 9.17) is 13.6 Å². The molecule has 1 aliphatic carbocycles. The Labute approximate surface area is 119 Å². The van der Waals surface area contributed by atoms with Gasteiger partial charge in [0.05, 0.1) is 13.0 Å². The molecule has 1 aliphatic rings. The lowest BCUT2D eigenvalue weighted by Gasteiger charge is -2.34. The highest BCUT2D eigenvalue weighted by molar-refractivity contribution is 5.72. The Balaban J connectivity index is 2.79. The largest absolute Gasteiger partial charge is 0.469 e. The van der Waals surface area contributed by atoms with E-state index >= 15 is 0 Å². The van der Waals surface area contributed by atoms with Crippen LogP contribution in [0, 0.1) is 5.92 Å². The first-order valence-corrected chi connectivity index (χ1v) is 6.56. The molecule has 0 atom stereocenters. The molecule has 0 aromatic heterocycles. The number of nitrogens with zero attached hydrogens (tertiary/aromatic N) is 1. The van der Waals surface area contributed by atoms with Gasteiger partial charge in [0.1, 0.15) is 5.60 Å². The van der Waals surface area contributed by atoms with Gasteiger partial charge in [0.25, 0.3) is 0 Å². The Kier molecular flexibility index (Phi) is 3.81. The van der Waals surface area contributed by atoms with Gasteiger partial charge >= 0.3 is 12.1 Å². The van der Waals surface area contributed by atoms with Crippen molar-refractivity contribution in [3.63, 3.8) is 0 Å². The van der Waals surface area contributed by atoms with Crippen molar-refractivity contribution < 1.29 is 23.2 Å². The summed E-state index contributed by atoms with van der Waals surface area (Å²) < 4.78 is 32.7. The van der Waals surface area contributed by atoms with Crippen LogP contribution in [0.15, 0.2) is 0 Å². The fourth-order valence-electron chi connectivity index (χ4n) is 2.20. The molecule has 5 nitrogen and oxygen atoms in total. The van der Waals surface area contributed by atoms with Gasteiger partial charge in [0, 0.05) is 17.1 Å². The monoisotopic (exact) mass is 274 g/mol. The van der Waals surface area contributed by atoms with E-state index in [-0.39, 0.29) is 11.9 Å². The topological polar surface area (TPSA) is 55.8 Å². The van der Waals surface area contributed by atoms with Crippen molar-refractivity contribution >= 4 is 12.1 Å². The molecular weight excluding hydrogens is 246 g/mol. The summed E-state index contributed by atoms with van der Waals surface area (Å²) in [6, 6.07) is -0.455. The molecule has 1 amide bonds. The van der Waals surface area contributed by atoms with Crippen LogP contribution >= 0.6 is 0 Å². The van der Waals surface area contributed by atoms with Crippen molar-refractivity contribution in [1.29, 1.82) is 0 Å². The molecule has 0 aliphatic heterocycles. The maximum atomic E-state index is 12.2. The molecule has 0 saturated heterocycles. The molecule has 0 unspecified atom stereocenters. The molecule has 19 heavy (non-hydrogen) atoms. The van der Waals surface area contributed by atoms with Crippen LogP contribution < -0.4 is 0 Å². The van der Waals surface area contributed by atoms with Gasteiger partial charge in [-0.15, -0.1) is 0 Å². The highest BCUT2D eigenvalue weighted by Gasteiger charge is 2.32. The van der Waals surface area contributed by atoms with E-state index in [0.717, 1.165) is 4.90 Å². The van der Waals surface area contributed by atoms with Crippen molar-refractivity contribution in [1.82, 2.24) is 4.90 Å². The molecule has 0 heterocycles. The summed E-state index contributed by atoms with van der Waals surface area (Å²) in [6.07, 6.45) is 1.06. The predicted molar refractivity (Wildman–Crippen MR) is 71.8 cm³/mol. The number of hydrogen-bond acceptors (Lipinski definition) is 4. The average molecular weight is 274 g/mol. The van der Waals surface area contributed by atoms with Crippen molar-refractivity contribution in [2.24, 2.45) is 5.92 Å². The molecule has 0 aromatic carbocycles. The second-order valence-electron chi connectivity index (χ2n) is 5.88. The molecule has 110 valence electrons. The van der Waals surface area contributed by atoms with Crippen molar-refractivity contribution in [3.05, 3.63) is 0 Å². The smallest absolute Gasteiger partial charge is 0.410 e. The van der Waals surface area contributed by atoms with Gasteiger partial charge in [0.15, 0.2) is 0 Å². The number of hydrogen-bond donors (Lipinski definition) is 0. The zero-order valence-electron chi connectivity index (χ0n) is 15.1. The van der Waals surface area contributed by atoms with E-state index in [1.54, 1.807) is 20.8 Å². The zero-order valence-corrected chi connectivity index (χ0v) is 12.1. The maximum absolute atomic E-state index is 12.2. The quantitative estimate of drug-likeness (QED) is 0.726. The number of methoxy groups -OCH3 is 1. The second-order valence-corrected chi connectivity index (χ2v) is 5.88. The number of esters is 1. The summed E-state index contributed by atoms with van der Waals surface area (Å²) in [6.45, 7) is 2.51. The Morgan fingerprint density at radius 2 is 1.79 bits per heavy atom. The second kappa shape index (κ2) is 6.26. The van der Waals surface area contributed by atoms with Crippen LogP contribution in [0.3, 0.4) is 0 Å². The standard InChI is InChI=1S/C14H25NO4/c1-14(2,3)19-13(17)15(4)11-8-6-10(7-9-11)12(16)18-5/h10-11H,6-9H2,1-5H3/i4D3. The lowest BCUT2D eigenvalue weighted by molar-refractivity contribution is -0.146. The van der Waals surface area contributed by atoms with E-state index < -0.39 is 24.7 Å². The minimum Gasteiger partial charge on any atom is -0.469 e. The van der Waals surface area contributed by atoms with Crippen LogP contribution in [0.2, 0.25) is 0 Å². The van der Waals surface area contributed by atoms with Crippen LogP contribution in [-0.4, -0.2) is 42.7 Å². The lowest BCUT2D eigenvalue weighted by atomic mass is 9.85. The highest BCUT2D eigenvalue weighted by atomic mass is 16.6. The van der Waals surface area contributed by atoms with E-state index in [1.165, 1.54) is 7.11 Å². The molecule has 1 fully saturated rings. The first kappa shape index (κ1) is 11.6. The minimum atomic E-state index is -2.56. The van der Waals surface area contributed by atoms with E-state index in [2.05, 4.69) is 0 Å². The molecule has 0 radical (unpaired) electrons. The predicted octanol–water partition coefficient (Wildman–Crippen LogP) is 2.59. The minimum absolute atomic E-state index is 0.224. The van der Waals surface area contributed by atoms with E-state index in [1.807, 2.05) is 0 Å². The van der Waals surface area contributed by atoms with Crippen molar-refractivity contribution in [2.45, 2.75) is 58.1 Å². The zero-order chi connectivity index (χ0) is 17.1. The van der Waals surface area contributed by atoms with Gasteiger partial charge in [-0.25, -0.2) is 4.79 Å². The summed E-state index contributed by atoms with van der Waals surface area (Å²) in [5, 5.41) is 0. The summed E-state index contributed by atoms with van der Waals surface area (Å²) in [5.41, 5.74) is -0.760. The maximum Gasteiger partial charge on any atom is 0.410 e. The Bertz CT molecular complexity index is 409. The summed E-state index contributed by atoms with van der Waals surface area (Å²) in [7, 11) is 1.34. The van der Waals surface area contributed by atoms with Crippen LogP contribution in [0.1, 0.15) is 50.6 Å². The molecule has 0 bridgehead atoms. The third-order valence-electron chi connectivity index (χ3n) is 3.19. The SMILES string of the molecule is [2H]C([2H])([2H])N(C(=O)OC(C)(C)C)C1CCC(C(=O)OC)CC1. The van der Waals surface area contributed by atoms with Crippen molar-refractivity contribution in [2.75, 3.05) is 14.1 Å². The number of amides is 1. The molecule has 0 aromatic rings.